The van der Waals surface area contributed by atoms with E-state index in [1.54, 1.807) is 36.4 Å². The maximum absolute atomic E-state index is 12.0. The van der Waals surface area contributed by atoms with Crippen LogP contribution in [0.4, 0.5) is 5.69 Å². The van der Waals surface area contributed by atoms with Gasteiger partial charge in [0.25, 0.3) is 5.91 Å². The first-order chi connectivity index (χ1) is 10.2. The molecule has 0 fully saturated rings. The van der Waals surface area contributed by atoms with Gasteiger partial charge in [-0.2, -0.15) is 11.8 Å². The lowest BCUT2D eigenvalue weighted by atomic mass is 10.2. The van der Waals surface area contributed by atoms with E-state index in [-0.39, 0.29) is 11.9 Å². The van der Waals surface area contributed by atoms with E-state index < -0.39 is 0 Å². The molecule has 1 amide bonds. The summed E-state index contributed by atoms with van der Waals surface area (Å²) in [6.45, 7) is 0. The van der Waals surface area contributed by atoms with Gasteiger partial charge in [-0.1, -0.05) is 18.2 Å². The second-order valence-corrected chi connectivity index (χ2v) is 5.12. The van der Waals surface area contributed by atoms with Crippen LogP contribution in [0.3, 0.4) is 0 Å². The summed E-state index contributed by atoms with van der Waals surface area (Å²) >= 11 is 1.41. The molecule has 0 aliphatic carbocycles. The van der Waals surface area contributed by atoms with E-state index in [0.29, 0.717) is 22.8 Å². The first-order valence-corrected chi connectivity index (χ1v) is 7.74. The second kappa shape index (κ2) is 7.50. The third-order valence-electron chi connectivity index (χ3n) is 2.64. The molecule has 0 saturated carbocycles. The number of amides is 1. The van der Waals surface area contributed by atoms with Gasteiger partial charge in [-0.15, -0.1) is 0 Å². The Kier molecular flexibility index (Phi) is 5.40. The van der Waals surface area contributed by atoms with Crippen LogP contribution >= 0.6 is 11.8 Å². The zero-order valence-electron chi connectivity index (χ0n) is 11.5. The van der Waals surface area contributed by atoms with Gasteiger partial charge in [-0.25, -0.2) is 0 Å². The molecule has 0 aliphatic heterocycles. The van der Waals surface area contributed by atoms with Crippen molar-refractivity contribution in [3.05, 3.63) is 60.2 Å². The Balaban J connectivity index is 1.96. The van der Waals surface area contributed by atoms with Crippen molar-refractivity contribution in [3.8, 4) is 5.75 Å². The third-order valence-corrected chi connectivity index (χ3v) is 3.17. The van der Waals surface area contributed by atoms with Crippen molar-refractivity contribution >= 4 is 29.3 Å². The molecule has 0 saturated heterocycles. The minimum Gasteiger partial charge on any atom is -0.426 e. The van der Waals surface area contributed by atoms with Crippen molar-refractivity contribution in [2.45, 2.75) is 0 Å². The zero-order valence-corrected chi connectivity index (χ0v) is 12.4. The summed E-state index contributed by atoms with van der Waals surface area (Å²) in [6, 6.07) is 15.7. The quantitative estimate of drug-likeness (QED) is 0.680. The van der Waals surface area contributed by atoms with Crippen LogP contribution in [0.1, 0.15) is 10.4 Å². The normalized spacial score (nSPS) is 9.95. The molecule has 0 radical (unpaired) electrons. The largest absolute Gasteiger partial charge is 0.426 e. The molecule has 2 aromatic carbocycles. The van der Waals surface area contributed by atoms with E-state index in [1.165, 1.54) is 11.8 Å². The van der Waals surface area contributed by atoms with Gasteiger partial charge >= 0.3 is 5.97 Å². The lowest BCUT2D eigenvalue weighted by Crippen LogP contribution is -2.12. The van der Waals surface area contributed by atoms with E-state index in [4.69, 9.17) is 4.74 Å². The van der Waals surface area contributed by atoms with Gasteiger partial charge in [0, 0.05) is 11.3 Å². The number of hydrogen-bond donors (Lipinski definition) is 1. The zero-order chi connectivity index (χ0) is 15.1. The number of nitrogens with one attached hydrogen (secondary N) is 1. The highest BCUT2D eigenvalue weighted by Crippen LogP contribution is 2.17. The predicted molar refractivity (Wildman–Crippen MR) is 84.9 cm³/mol. The number of carbonyl (C=O) groups excluding carboxylic acids is 2. The van der Waals surface area contributed by atoms with E-state index in [9.17, 15) is 9.59 Å². The van der Waals surface area contributed by atoms with Gasteiger partial charge in [0.1, 0.15) is 5.75 Å². The number of hydrogen-bond acceptors (Lipinski definition) is 4. The van der Waals surface area contributed by atoms with E-state index in [2.05, 4.69) is 5.32 Å². The Morgan fingerprint density at radius 1 is 1.05 bits per heavy atom. The topological polar surface area (TPSA) is 55.4 Å². The van der Waals surface area contributed by atoms with Gasteiger partial charge in [0.15, 0.2) is 0 Å². The Hall–Kier alpha value is -2.27. The highest BCUT2D eigenvalue weighted by Gasteiger charge is 2.06. The molecular formula is C16H15NO3S. The number of ether oxygens (including phenoxy) is 1. The molecule has 21 heavy (non-hydrogen) atoms. The van der Waals surface area contributed by atoms with Gasteiger partial charge in [-0.3, -0.25) is 9.59 Å². The fourth-order valence-electron chi connectivity index (χ4n) is 1.68. The van der Waals surface area contributed by atoms with Gasteiger partial charge in [0.05, 0.1) is 5.75 Å². The molecule has 0 atom stereocenters. The van der Waals surface area contributed by atoms with E-state index in [1.807, 2.05) is 24.5 Å². The number of rotatable bonds is 5. The van der Waals surface area contributed by atoms with Crippen LogP contribution in [0, 0.1) is 0 Å². The van der Waals surface area contributed by atoms with Crippen molar-refractivity contribution in [2.75, 3.05) is 17.3 Å². The Morgan fingerprint density at radius 3 is 2.33 bits per heavy atom. The SMILES string of the molecule is CSCC(=O)Oc1ccc(NC(=O)c2ccccc2)cc1. The van der Waals surface area contributed by atoms with Crippen LogP contribution < -0.4 is 10.1 Å². The molecular weight excluding hydrogens is 286 g/mol. The molecule has 0 aliphatic rings. The standard InChI is InChI=1S/C16H15NO3S/c1-21-11-15(18)20-14-9-7-13(8-10-14)17-16(19)12-5-3-2-4-6-12/h2-10H,11H2,1H3,(H,17,19). The van der Waals surface area contributed by atoms with Crippen LogP contribution in [-0.2, 0) is 4.79 Å². The van der Waals surface area contributed by atoms with Crippen LogP contribution in [-0.4, -0.2) is 23.9 Å². The molecule has 2 aromatic rings. The van der Waals surface area contributed by atoms with Crippen molar-refractivity contribution in [2.24, 2.45) is 0 Å². The minimum atomic E-state index is -0.288. The first-order valence-electron chi connectivity index (χ1n) is 6.35. The molecule has 0 unspecified atom stereocenters. The van der Waals surface area contributed by atoms with E-state index >= 15 is 0 Å². The fourth-order valence-corrected chi connectivity index (χ4v) is 1.97. The molecule has 5 heteroatoms. The summed E-state index contributed by atoms with van der Waals surface area (Å²) in [7, 11) is 0. The molecule has 108 valence electrons. The van der Waals surface area contributed by atoms with Crippen LogP contribution in [0.25, 0.3) is 0 Å². The van der Waals surface area contributed by atoms with Gasteiger partial charge < -0.3 is 10.1 Å². The number of esters is 1. The van der Waals surface area contributed by atoms with Crippen molar-refractivity contribution in [1.29, 1.82) is 0 Å². The maximum Gasteiger partial charge on any atom is 0.321 e. The number of carbonyl (C=O) groups is 2. The number of thioether (sulfide) groups is 1. The molecule has 0 heterocycles. The Labute approximate surface area is 127 Å². The van der Waals surface area contributed by atoms with Crippen LogP contribution in [0.2, 0.25) is 0 Å². The summed E-state index contributed by atoms with van der Waals surface area (Å²) < 4.78 is 5.13. The first kappa shape index (κ1) is 15.1. The highest BCUT2D eigenvalue weighted by atomic mass is 32.2. The lowest BCUT2D eigenvalue weighted by Gasteiger charge is -2.07. The predicted octanol–water partition coefficient (Wildman–Crippen LogP) is 3.21. The highest BCUT2D eigenvalue weighted by molar-refractivity contribution is 7.99. The molecule has 0 spiro atoms. The molecule has 1 N–H and O–H groups in total. The lowest BCUT2D eigenvalue weighted by molar-refractivity contribution is -0.131. The summed E-state index contributed by atoms with van der Waals surface area (Å²) in [4.78, 5) is 23.3. The van der Waals surface area contributed by atoms with Gasteiger partial charge in [0.2, 0.25) is 0 Å². The van der Waals surface area contributed by atoms with Crippen LogP contribution in [0.5, 0.6) is 5.75 Å². The number of benzene rings is 2. The summed E-state index contributed by atoms with van der Waals surface area (Å²) in [5, 5.41) is 2.78. The smallest absolute Gasteiger partial charge is 0.321 e. The molecule has 0 bridgehead atoms. The van der Waals surface area contributed by atoms with Gasteiger partial charge in [-0.05, 0) is 42.7 Å². The molecule has 2 rings (SSSR count). The monoisotopic (exact) mass is 301 g/mol. The summed E-state index contributed by atoms with van der Waals surface area (Å²) in [6.07, 6.45) is 1.84. The van der Waals surface area contributed by atoms with Crippen molar-refractivity contribution in [3.63, 3.8) is 0 Å². The van der Waals surface area contributed by atoms with Crippen LogP contribution in [0.15, 0.2) is 54.6 Å². The average molecular weight is 301 g/mol. The average Bonchev–Trinajstić information content (AvgIpc) is 2.50. The van der Waals surface area contributed by atoms with E-state index in [0.717, 1.165) is 0 Å². The Bertz CT molecular complexity index is 611. The second-order valence-electron chi connectivity index (χ2n) is 4.25. The number of anilines is 1. The minimum absolute atomic E-state index is 0.178. The third kappa shape index (κ3) is 4.65. The van der Waals surface area contributed by atoms with Crippen molar-refractivity contribution < 1.29 is 14.3 Å². The summed E-state index contributed by atoms with van der Waals surface area (Å²) in [5.74, 6) is 0.310. The Morgan fingerprint density at radius 2 is 1.71 bits per heavy atom. The molecule has 4 nitrogen and oxygen atoms in total. The fraction of sp³-hybridized carbons (Fsp3) is 0.125. The molecule has 0 aromatic heterocycles. The maximum atomic E-state index is 12.0. The van der Waals surface area contributed by atoms with Crippen molar-refractivity contribution in [1.82, 2.24) is 0 Å². The summed E-state index contributed by atoms with van der Waals surface area (Å²) in [5.41, 5.74) is 1.24.